The molecular formula is C11H15FOS. The van der Waals surface area contributed by atoms with Crippen LogP contribution in [-0.2, 0) is 0 Å². The number of aliphatic hydroxyl groups is 1. The van der Waals surface area contributed by atoms with Gasteiger partial charge in [-0.25, -0.2) is 4.39 Å². The lowest BCUT2D eigenvalue weighted by atomic mass is 10.1. The minimum atomic E-state index is -0.752. The summed E-state index contributed by atoms with van der Waals surface area (Å²) in [4.78, 5) is 0.829. The van der Waals surface area contributed by atoms with Crippen molar-refractivity contribution in [2.45, 2.75) is 37.0 Å². The summed E-state index contributed by atoms with van der Waals surface area (Å²) in [6.07, 6.45) is -0.752. The van der Waals surface area contributed by atoms with Crippen molar-refractivity contribution in [1.29, 1.82) is 0 Å². The number of benzene rings is 1. The Kier molecular flexibility index (Phi) is 3.96. The van der Waals surface area contributed by atoms with E-state index in [1.165, 1.54) is 6.07 Å². The van der Waals surface area contributed by atoms with E-state index in [2.05, 4.69) is 0 Å². The van der Waals surface area contributed by atoms with E-state index in [0.717, 1.165) is 4.90 Å². The van der Waals surface area contributed by atoms with Gasteiger partial charge in [-0.15, -0.1) is 11.8 Å². The summed E-state index contributed by atoms with van der Waals surface area (Å²) >= 11 is 1.57. The van der Waals surface area contributed by atoms with Gasteiger partial charge in [-0.3, -0.25) is 0 Å². The number of hydrogen-bond donors (Lipinski definition) is 1. The molecule has 1 N–H and O–H groups in total. The van der Waals surface area contributed by atoms with Gasteiger partial charge in [-0.05, 0) is 19.1 Å². The van der Waals surface area contributed by atoms with Crippen LogP contribution in [0.15, 0.2) is 23.1 Å². The Morgan fingerprint density at radius 3 is 2.43 bits per heavy atom. The molecule has 0 radical (unpaired) electrons. The molecule has 78 valence electrons. The molecular weight excluding hydrogens is 199 g/mol. The van der Waals surface area contributed by atoms with Crippen LogP contribution in [0.1, 0.15) is 32.4 Å². The molecule has 0 saturated heterocycles. The van der Waals surface area contributed by atoms with E-state index in [4.69, 9.17) is 0 Å². The molecule has 1 aromatic rings. The van der Waals surface area contributed by atoms with Gasteiger partial charge in [0, 0.05) is 15.7 Å². The number of thioether (sulfide) groups is 1. The van der Waals surface area contributed by atoms with Crippen molar-refractivity contribution < 1.29 is 9.50 Å². The smallest absolute Gasteiger partial charge is 0.130 e. The Balaban J connectivity index is 3.08. The lowest BCUT2D eigenvalue weighted by molar-refractivity contribution is 0.191. The van der Waals surface area contributed by atoms with Gasteiger partial charge in [-0.2, -0.15) is 0 Å². The SMILES string of the molecule is CC(C)Sc1cccc(F)c1[C@@H](C)O. The van der Waals surface area contributed by atoms with Gasteiger partial charge in [0.1, 0.15) is 5.82 Å². The van der Waals surface area contributed by atoms with E-state index in [1.807, 2.05) is 19.9 Å². The number of aliphatic hydroxyl groups excluding tert-OH is 1. The zero-order chi connectivity index (χ0) is 10.7. The van der Waals surface area contributed by atoms with Crippen molar-refractivity contribution in [2.24, 2.45) is 0 Å². The van der Waals surface area contributed by atoms with Crippen LogP contribution in [0.4, 0.5) is 4.39 Å². The minimum absolute atomic E-state index is 0.328. The molecule has 0 fully saturated rings. The molecule has 0 aromatic heterocycles. The van der Waals surface area contributed by atoms with Crippen molar-refractivity contribution in [3.05, 3.63) is 29.6 Å². The molecule has 1 aromatic carbocycles. The van der Waals surface area contributed by atoms with Crippen LogP contribution in [0.3, 0.4) is 0 Å². The molecule has 0 bridgehead atoms. The molecule has 0 saturated carbocycles. The third kappa shape index (κ3) is 2.72. The summed E-state index contributed by atoms with van der Waals surface area (Å²) in [5.41, 5.74) is 0.409. The van der Waals surface area contributed by atoms with Crippen molar-refractivity contribution in [3.63, 3.8) is 0 Å². The molecule has 0 aliphatic heterocycles. The summed E-state index contributed by atoms with van der Waals surface area (Å²) in [5.74, 6) is -0.328. The van der Waals surface area contributed by atoms with Gasteiger partial charge in [0.2, 0.25) is 0 Å². The monoisotopic (exact) mass is 214 g/mol. The van der Waals surface area contributed by atoms with E-state index in [-0.39, 0.29) is 5.82 Å². The van der Waals surface area contributed by atoms with Crippen LogP contribution < -0.4 is 0 Å². The molecule has 0 amide bonds. The van der Waals surface area contributed by atoms with Gasteiger partial charge in [-0.1, -0.05) is 19.9 Å². The fraction of sp³-hybridized carbons (Fsp3) is 0.455. The first-order chi connectivity index (χ1) is 6.52. The van der Waals surface area contributed by atoms with Crippen LogP contribution >= 0.6 is 11.8 Å². The maximum atomic E-state index is 13.4. The van der Waals surface area contributed by atoms with Crippen LogP contribution in [0.5, 0.6) is 0 Å². The lowest BCUT2D eigenvalue weighted by Crippen LogP contribution is -2.00. The molecule has 1 atom stereocenters. The van der Waals surface area contributed by atoms with E-state index >= 15 is 0 Å². The summed E-state index contributed by atoms with van der Waals surface area (Å²) in [5, 5.41) is 9.83. The van der Waals surface area contributed by atoms with Crippen molar-refractivity contribution in [3.8, 4) is 0 Å². The second-order valence-corrected chi connectivity index (χ2v) is 5.11. The predicted octanol–water partition coefficient (Wildman–Crippen LogP) is 3.38. The van der Waals surface area contributed by atoms with E-state index in [0.29, 0.717) is 10.8 Å². The van der Waals surface area contributed by atoms with E-state index in [9.17, 15) is 9.50 Å². The van der Waals surface area contributed by atoms with Gasteiger partial charge in [0.05, 0.1) is 6.10 Å². The van der Waals surface area contributed by atoms with Gasteiger partial charge in [0.25, 0.3) is 0 Å². The fourth-order valence-corrected chi connectivity index (χ4v) is 2.34. The summed E-state index contributed by atoms with van der Waals surface area (Å²) in [7, 11) is 0. The molecule has 1 rings (SSSR count). The second-order valence-electron chi connectivity index (χ2n) is 3.49. The maximum Gasteiger partial charge on any atom is 0.130 e. The zero-order valence-corrected chi connectivity index (χ0v) is 9.44. The van der Waals surface area contributed by atoms with Crippen molar-refractivity contribution >= 4 is 11.8 Å². The molecule has 1 nitrogen and oxygen atoms in total. The number of halogens is 1. The fourth-order valence-electron chi connectivity index (χ4n) is 1.28. The largest absolute Gasteiger partial charge is 0.389 e. The lowest BCUT2D eigenvalue weighted by Gasteiger charge is -2.13. The first kappa shape index (κ1) is 11.5. The Hall–Kier alpha value is -0.540. The highest BCUT2D eigenvalue weighted by atomic mass is 32.2. The zero-order valence-electron chi connectivity index (χ0n) is 8.62. The Labute approximate surface area is 88.3 Å². The van der Waals surface area contributed by atoms with Crippen LogP contribution in [0, 0.1) is 5.82 Å². The third-order valence-electron chi connectivity index (χ3n) is 1.79. The van der Waals surface area contributed by atoms with E-state index < -0.39 is 6.10 Å². The average Bonchev–Trinajstić information content (AvgIpc) is 2.01. The molecule has 0 heterocycles. The third-order valence-corrected chi connectivity index (χ3v) is 2.87. The van der Waals surface area contributed by atoms with Gasteiger partial charge < -0.3 is 5.11 Å². The highest BCUT2D eigenvalue weighted by Gasteiger charge is 2.14. The highest BCUT2D eigenvalue weighted by molar-refractivity contribution is 8.00. The summed E-state index contributed by atoms with van der Waals surface area (Å²) in [6.45, 7) is 5.67. The van der Waals surface area contributed by atoms with Gasteiger partial charge >= 0.3 is 0 Å². The molecule has 0 unspecified atom stereocenters. The quantitative estimate of drug-likeness (QED) is 0.778. The molecule has 0 aliphatic rings. The van der Waals surface area contributed by atoms with Crippen molar-refractivity contribution in [2.75, 3.05) is 0 Å². The maximum absolute atomic E-state index is 13.4. The normalized spacial score (nSPS) is 13.3. The topological polar surface area (TPSA) is 20.2 Å². The van der Waals surface area contributed by atoms with E-state index in [1.54, 1.807) is 24.8 Å². The number of rotatable bonds is 3. The van der Waals surface area contributed by atoms with Crippen LogP contribution in [-0.4, -0.2) is 10.4 Å². The summed E-state index contributed by atoms with van der Waals surface area (Å²) in [6, 6.07) is 4.90. The minimum Gasteiger partial charge on any atom is -0.389 e. The average molecular weight is 214 g/mol. The Bertz CT molecular complexity index is 310. The number of hydrogen-bond acceptors (Lipinski definition) is 2. The second kappa shape index (κ2) is 4.80. The predicted molar refractivity (Wildman–Crippen MR) is 58.0 cm³/mol. The standard InChI is InChI=1S/C11H15FOS/c1-7(2)14-10-6-4-5-9(12)11(10)8(3)13/h4-8,13H,1-3H3/t8-/m1/s1. The Morgan fingerprint density at radius 1 is 1.29 bits per heavy atom. The molecule has 0 spiro atoms. The molecule has 14 heavy (non-hydrogen) atoms. The van der Waals surface area contributed by atoms with Crippen LogP contribution in [0.2, 0.25) is 0 Å². The Morgan fingerprint density at radius 2 is 1.93 bits per heavy atom. The van der Waals surface area contributed by atoms with Crippen molar-refractivity contribution in [1.82, 2.24) is 0 Å². The van der Waals surface area contributed by atoms with Crippen LogP contribution in [0.25, 0.3) is 0 Å². The van der Waals surface area contributed by atoms with Gasteiger partial charge in [0.15, 0.2) is 0 Å². The first-order valence-corrected chi connectivity index (χ1v) is 5.53. The summed E-state index contributed by atoms with van der Waals surface area (Å²) < 4.78 is 13.4. The highest BCUT2D eigenvalue weighted by Crippen LogP contribution is 2.31. The first-order valence-electron chi connectivity index (χ1n) is 4.65. The molecule has 3 heteroatoms. The molecule has 0 aliphatic carbocycles.